The average Bonchev–Trinajstić information content (AvgIpc) is 2.69. The van der Waals surface area contributed by atoms with Gasteiger partial charge >= 0.3 is 6.09 Å². The molecule has 0 bridgehead atoms. The van der Waals surface area contributed by atoms with Gasteiger partial charge in [0, 0.05) is 6.54 Å². The van der Waals surface area contributed by atoms with Crippen molar-refractivity contribution in [3.8, 4) is 0 Å². The minimum absolute atomic E-state index is 0.243. The third kappa shape index (κ3) is 2.94. The van der Waals surface area contributed by atoms with Gasteiger partial charge in [0.2, 0.25) is 0 Å². The monoisotopic (exact) mass is 270 g/mol. The molecule has 1 aromatic rings. The number of ether oxygens (including phenoxy) is 1. The topological polar surface area (TPSA) is 50.4 Å². The maximum Gasteiger partial charge on any atom is 0.412 e. The molecule has 0 spiro atoms. The summed E-state index contributed by atoms with van der Waals surface area (Å²) >= 11 is 0. The molecule has 104 valence electrons. The molecule has 0 saturated heterocycles. The van der Waals surface area contributed by atoms with Crippen LogP contribution in [0.25, 0.3) is 0 Å². The number of carbonyl (C=O) groups is 1. The highest BCUT2D eigenvalue weighted by Crippen LogP contribution is 2.33. The van der Waals surface area contributed by atoms with Crippen molar-refractivity contribution in [2.24, 2.45) is 0 Å². The van der Waals surface area contributed by atoms with Crippen LogP contribution >= 0.6 is 0 Å². The van der Waals surface area contributed by atoms with Crippen LogP contribution in [-0.4, -0.2) is 18.2 Å². The first kappa shape index (κ1) is 13.6. The number of hydrogen-bond donors (Lipinski definition) is 2. The maximum atomic E-state index is 14.1. The lowest BCUT2D eigenvalue weighted by Crippen LogP contribution is -2.28. The Morgan fingerprint density at radius 1 is 1.42 bits per heavy atom. The number of anilines is 2. The fourth-order valence-electron chi connectivity index (χ4n) is 1.90. The number of nitrogens with one attached hydrogen (secondary N) is 2. The van der Waals surface area contributed by atoms with Gasteiger partial charge in [-0.1, -0.05) is 0 Å². The molecule has 0 aromatic heterocycles. The van der Waals surface area contributed by atoms with E-state index in [1.165, 1.54) is 6.07 Å². The van der Waals surface area contributed by atoms with E-state index in [4.69, 9.17) is 4.74 Å². The Morgan fingerprint density at radius 3 is 2.74 bits per heavy atom. The maximum absolute atomic E-state index is 14.1. The fraction of sp³-hybridized carbons (Fsp3) is 0.462. The summed E-state index contributed by atoms with van der Waals surface area (Å²) in [6, 6.07) is 1.23. The molecule has 19 heavy (non-hydrogen) atoms. The summed E-state index contributed by atoms with van der Waals surface area (Å²) < 4.78 is 32.8. The van der Waals surface area contributed by atoms with E-state index in [1.54, 1.807) is 20.8 Å². The third-order valence-electron chi connectivity index (χ3n) is 2.62. The number of halogens is 2. The molecule has 1 aromatic carbocycles. The number of fused-ring (bicyclic) bond motifs is 1. The Hall–Kier alpha value is -1.85. The van der Waals surface area contributed by atoms with Crippen LogP contribution in [0.3, 0.4) is 0 Å². The number of carbonyl (C=O) groups excluding carboxylic acids is 1. The van der Waals surface area contributed by atoms with Crippen LogP contribution in [0.15, 0.2) is 6.07 Å². The Balaban J connectivity index is 2.24. The van der Waals surface area contributed by atoms with E-state index in [0.29, 0.717) is 18.5 Å². The van der Waals surface area contributed by atoms with Gasteiger partial charge in [0.05, 0.1) is 5.69 Å². The van der Waals surface area contributed by atoms with Gasteiger partial charge in [-0.15, -0.1) is 0 Å². The van der Waals surface area contributed by atoms with E-state index in [2.05, 4.69) is 10.6 Å². The molecule has 1 heterocycles. The van der Waals surface area contributed by atoms with Crippen molar-refractivity contribution in [3.05, 3.63) is 23.3 Å². The average molecular weight is 270 g/mol. The van der Waals surface area contributed by atoms with Gasteiger partial charge < -0.3 is 10.1 Å². The summed E-state index contributed by atoms with van der Waals surface area (Å²) in [5.41, 5.74) is -0.397. The van der Waals surface area contributed by atoms with E-state index in [9.17, 15) is 13.6 Å². The van der Waals surface area contributed by atoms with Crippen molar-refractivity contribution >= 4 is 17.5 Å². The first-order chi connectivity index (χ1) is 8.78. The van der Waals surface area contributed by atoms with Gasteiger partial charge in [-0.05, 0) is 38.8 Å². The summed E-state index contributed by atoms with van der Waals surface area (Å²) in [5, 5.41) is 4.94. The highest BCUT2D eigenvalue weighted by molar-refractivity contribution is 5.86. The van der Waals surface area contributed by atoms with E-state index in [-0.39, 0.29) is 5.69 Å². The van der Waals surface area contributed by atoms with Crippen molar-refractivity contribution in [1.82, 2.24) is 0 Å². The molecule has 0 fully saturated rings. The number of rotatable bonds is 1. The van der Waals surface area contributed by atoms with Gasteiger partial charge in [0.15, 0.2) is 5.82 Å². The van der Waals surface area contributed by atoms with Crippen LogP contribution in [0.4, 0.5) is 25.0 Å². The molecular formula is C13H16F2N2O2. The lowest BCUT2D eigenvalue weighted by atomic mass is 10.1. The van der Waals surface area contributed by atoms with Crippen molar-refractivity contribution in [2.75, 3.05) is 17.2 Å². The minimum Gasteiger partial charge on any atom is -0.444 e. The van der Waals surface area contributed by atoms with E-state index < -0.39 is 29.0 Å². The van der Waals surface area contributed by atoms with Gasteiger partial charge in [-0.3, -0.25) is 5.32 Å². The fourth-order valence-corrected chi connectivity index (χ4v) is 1.90. The first-order valence-electron chi connectivity index (χ1n) is 6.02. The molecule has 0 atom stereocenters. The smallest absolute Gasteiger partial charge is 0.412 e. The molecule has 2 N–H and O–H groups in total. The standard InChI is InChI=1S/C13H16F2N2O2/c1-13(2,3)19-12(18)17-11-8(14)6-7-4-5-16-10(7)9(11)15/h6,16H,4-5H2,1-3H3,(H,17,18). The number of amides is 1. The molecule has 0 saturated carbocycles. The van der Waals surface area contributed by atoms with Gasteiger partial charge in [-0.2, -0.15) is 0 Å². The van der Waals surface area contributed by atoms with Gasteiger partial charge in [0.1, 0.15) is 17.1 Å². The van der Waals surface area contributed by atoms with Crippen LogP contribution in [0.1, 0.15) is 26.3 Å². The second kappa shape index (κ2) is 4.68. The molecule has 1 aliphatic heterocycles. The molecule has 0 radical (unpaired) electrons. The lowest BCUT2D eigenvalue weighted by molar-refractivity contribution is 0.0634. The largest absolute Gasteiger partial charge is 0.444 e. The molecule has 1 aliphatic rings. The number of hydrogen-bond acceptors (Lipinski definition) is 3. The zero-order chi connectivity index (χ0) is 14.2. The van der Waals surface area contributed by atoms with Crippen LogP contribution in [0.2, 0.25) is 0 Å². The van der Waals surface area contributed by atoms with Crippen molar-refractivity contribution in [3.63, 3.8) is 0 Å². The molecule has 2 rings (SSSR count). The van der Waals surface area contributed by atoms with Gasteiger partial charge in [-0.25, -0.2) is 13.6 Å². The van der Waals surface area contributed by atoms with E-state index in [0.717, 1.165) is 0 Å². The van der Waals surface area contributed by atoms with Crippen LogP contribution in [0.5, 0.6) is 0 Å². The summed E-state index contributed by atoms with van der Waals surface area (Å²) in [6.45, 7) is 5.57. The Morgan fingerprint density at radius 2 is 2.11 bits per heavy atom. The third-order valence-corrected chi connectivity index (χ3v) is 2.62. The zero-order valence-electron chi connectivity index (χ0n) is 11.1. The van der Waals surface area contributed by atoms with E-state index in [1.807, 2.05) is 0 Å². The summed E-state index contributed by atoms with van der Waals surface area (Å²) in [4.78, 5) is 11.5. The van der Waals surface area contributed by atoms with Crippen LogP contribution in [0, 0.1) is 11.6 Å². The number of benzene rings is 1. The predicted molar refractivity (Wildman–Crippen MR) is 68.4 cm³/mol. The second-order valence-electron chi connectivity index (χ2n) is 5.39. The normalized spacial score (nSPS) is 13.7. The molecule has 1 amide bonds. The highest BCUT2D eigenvalue weighted by atomic mass is 19.1. The molecule has 4 nitrogen and oxygen atoms in total. The highest BCUT2D eigenvalue weighted by Gasteiger charge is 2.24. The first-order valence-corrected chi connectivity index (χ1v) is 6.02. The quantitative estimate of drug-likeness (QED) is 0.823. The van der Waals surface area contributed by atoms with Crippen LogP contribution in [-0.2, 0) is 11.2 Å². The SMILES string of the molecule is CC(C)(C)OC(=O)Nc1c(F)cc2c(c1F)NCC2. The predicted octanol–water partition coefficient (Wildman–Crippen LogP) is 3.28. The summed E-state index contributed by atoms with van der Waals surface area (Å²) in [6.07, 6.45) is -0.321. The molecule has 6 heteroatoms. The summed E-state index contributed by atoms with van der Waals surface area (Å²) in [5.74, 6) is -1.59. The van der Waals surface area contributed by atoms with E-state index >= 15 is 0 Å². The molecule has 0 aliphatic carbocycles. The Kier molecular flexibility index (Phi) is 3.34. The van der Waals surface area contributed by atoms with Crippen molar-refractivity contribution in [1.29, 1.82) is 0 Å². The molecular weight excluding hydrogens is 254 g/mol. The Labute approximate surface area is 110 Å². The van der Waals surface area contributed by atoms with Gasteiger partial charge in [0.25, 0.3) is 0 Å². The molecule has 0 unspecified atom stereocenters. The zero-order valence-corrected chi connectivity index (χ0v) is 11.1. The van der Waals surface area contributed by atoms with Crippen molar-refractivity contribution < 1.29 is 18.3 Å². The minimum atomic E-state index is -0.886. The summed E-state index contributed by atoms with van der Waals surface area (Å²) in [7, 11) is 0. The second-order valence-corrected chi connectivity index (χ2v) is 5.39. The van der Waals surface area contributed by atoms with Crippen molar-refractivity contribution in [2.45, 2.75) is 32.8 Å². The Bertz CT molecular complexity index is 524. The lowest BCUT2D eigenvalue weighted by Gasteiger charge is -2.20. The van der Waals surface area contributed by atoms with Crippen LogP contribution < -0.4 is 10.6 Å².